The van der Waals surface area contributed by atoms with Gasteiger partial charge in [0, 0.05) is 50.4 Å². The maximum absolute atomic E-state index is 13.1. The summed E-state index contributed by atoms with van der Waals surface area (Å²) in [5, 5.41) is 0. The van der Waals surface area contributed by atoms with Crippen LogP contribution in [0.4, 0.5) is 0 Å². The van der Waals surface area contributed by atoms with Crippen LogP contribution in [-0.2, 0) is 12.8 Å². The Hall–Kier alpha value is -2.37. The lowest BCUT2D eigenvalue weighted by Gasteiger charge is -2.31. The van der Waals surface area contributed by atoms with E-state index in [1.54, 1.807) is 4.90 Å². The summed E-state index contributed by atoms with van der Waals surface area (Å²) in [5.74, 6) is 0.269. The van der Waals surface area contributed by atoms with Gasteiger partial charge in [-0.15, -0.1) is 12.4 Å². The molecule has 32 heavy (non-hydrogen) atoms. The molecular formula is C26H32ClN3O2. The molecule has 0 spiro atoms. The standard InChI is InChI=1S/C26H31N3O2.ClH/c1-18-4-3-11-28(18)14-15-29-13-10-22-17-20(6-8-24(22)26(29)31)19-5-7-23-21(16-19)9-12-27(2)25(23)30;/h5-8,16-18H,3-4,9-15H2,1-2H3;1H/t18-;/m1./s1. The molecule has 0 N–H and O–H groups in total. The third kappa shape index (κ3) is 4.16. The van der Waals surface area contributed by atoms with E-state index in [1.165, 1.54) is 12.8 Å². The third-order valence-electron chi connectivity index (χ3n) is 7.35. The zero-order valence-corrected chi connectivity index (χ0v) is 19.8. The molecule has 0 radical (unpaired) electrons. The van der Waals surface area contributed by atoms with Crippen LogP contribution in [0, 0.1) is 0 Å². The molecule has 2 amide bonds. The van der Waals surface area contributed by atoms with Gasteiger partial charge in [0.15, 0.2) is 0 Å². The number of carbonyl (C=O) groups is 2. The maximum atomic E-state index is 13.1. The van der Waals surface area contributed by atoms with Gasteiger partial charge in [-0.25, -0.2) is 0 Å². The molecule has 3 aliphatic heterocycles. The minimum absolute atomic E-state index is 0. The average Bonchev–Trinajstić information content (AvgIpc) is 3.20. The summed E-state index contributed by atoms with van der Waals surface area (Å²) in [4.78, 5) is 31.7. The van der Waals surface area contributed by atoms with Crippen molar-refractivity contribution >= 4 is 24.2 Å². The molecule has 5 nitrogen and oxygen atoms in total. The molecule has 0 saturated carbocycles. The van der Waals surface area contributed by atoms with Crippen LogP contribution in [0.1, 0.15) is 51.6 Å². The van der Waals surface area contributed by atoms with E-state index < -0.39 is 0 Å². The number of nitrogens with zero attached hydrogens (tertiary/aromatic N) is 3. The SMILES string of the molecule is C[C@@H]1CCCN1CCN1CCc2cc(-c3ccc4c(c3)CCN(C)C4=O)ccc2C1=O.Cl. The molecule has 0 unspecified atom stereocenters. The van der Waals surface area contributed by atoms with Crippen LogP contribution in [-0.4, -0.2) is 72.3 Å². The predicted molar refractivity (Wildman–Crippen MR) is 130 cm³/mol. The van der Waals surface area contributed by atoms with Crippen LogP contribution in [0.2, 0.25) is 0 Å². The minimum Gasteiger partial charge on any atom is -0.341 e. The van der Waals surface area contributed by atoms with Crippen molar-refractivity contribution in [2.24, 2.45) is 0 Å². The molecule has 1 saturated heterocycles. The number of hydrogen-bond donors (Lipinski definition) is 0. The van der Waals surface area contributed by atoms with Crippen LogP contribution in [0.25, 0.3) is 11.1 Å². The van der Waals surface area contributed by atoms with Crippen LogP contribution < -0.4 is 0 Å². The molecule has 0 aliphatic carbocycles. The molecule has 1 atom stereocenters. The number of halogens is 1. The summed E-state index contributed by atoms with van der Waals surface area (Å²) in [6, 6.07) is 13.0. The van der Waals surface area contributed by atoms with Crippen molar-refractivity contribution in [1.82, 2.24) is 14.7 Å². The third-order valence-corrected chi connectivity index (χ3v) is 7.35. The fourth-order valence-corrected chi connectivity index (χ4v) is 5.29. The average molecular weight is 454 g/mol. The molecule has 3 aliphatic rings. The van der Waals surface area contributed by atoms with E-state index in [1.807, 2.05) is 30.1 Å². The number of carbonyl (C=O) groups excluding carboxylic acids is 2. The molecule has 2 aromatic rings. The summed E-state index contributed by atoms with van der Waals surface area (Å²) in [5.41, 5.74) is 6.17. The maximum Gasteiger partial charge on any atom is 0.254 e. The molecule has 3 heterocycles. The van der Waals surface area contributed by atoms with Gasteiger partial charge >= 0.3 is 0 Å². The molecular weight excluding hydrogens is 422 g/mol. The van der Waals surface area contributed by atoms with Crippen molar-refractivity contribution in [3.63, 3.8) is 0 Å². The fraction of sp³-hybridized carbons (Fsp3) is 0.462. The summed E-state index contributed by atoms with van der Waals surface area (Å²) < 4.78 is 0. The first kappa shape index (κ1) is 22.8. The van der Waals surface area contributed by atoms with Gasteiger partial charge in [0.1, 0.15) is 0 Å². The van der Waals surface area contributed by atoms with Gasteiger partial charge in [-0.3, -0.25) is 14.5 Å². The van der Waals surface area contributed by atoms with E-state index >= 15 is 0 Å². The first-order valence-electron chi connectivity index (χ1n) is 11.6. The highest BCUT2D eigenvalue weighted by atomic mass is 35.5. The van der Waals surface area contributed by atoms with Crippen molar-refractivity contribution in [2.75, 3.05) is 39.8 Å². The van der Waals surface area contributed by atoms with Crippen LogP contribution >= 0.6 is 12.4 Å². The Morgan fingerprint density at radius 2 is 1.47 bits per heavy atom. The van der Waals surface area contributed by atoms with E-state index in [2.05, 4.69) is 30.0 Å². The van der Waals surface area contributed by atoms with Gasteiger partial charge in [0.05, 0.1) is 0 Å². The van der Waals surface area contributed by atoms with E-state index in [9.17, 15) is 9.59 Å². The highest BCUT2D eigenvalue weighted by Crippen LogP contribution is 2.29. The number of likely N-dealkylation sites (N-methyl/N-ethyl adjacent to an activating group) is 1. The Labute approximate surface area is 196 Å². The number of likely N-dealkylation sites (tertiary alicyclic amines) is 1. The highest BCUT2D eigenvalue weighted by Gasteiger charge is 2.27. The van der Waals surface area contributed by atoms with Crippen molar-refractivity contribution in [3.8, 4) is 11.1 Å². The van der Waals surface area contributed by atoms with Crippen molar-refractivity contribution < 1.29 is 9.59 Å². The smallest absolute Gasteiger partial charge is 0.254 e. The van der Waals surface area contributed by atoms with Crippen LogP contribution in [0.15, 0.2) is 36.4 Å². The lowest BCUT2D eigenvalue weighted by Crippen LogP contribution is -2.43. The number of benzene rings is 2. The van der Waals surface area contributed by atoms with Gasteiger partial charge in [-0.1, -0.05) is 24.3 Å². The molecule has 6 heteroatoms. The van der Waals surface area contributed by atoms with E-state index in [4.69, 9.17) is 0 Å². The van der Waals surface area contributed by atoms with E-state index in [0.29, 0.717) is 6.04 Å². The Morgan fingerprint density at radius 1 is 0.844 bits per heavy atom. The summed E-state index contributed by atoms with van der Waals surface area (Å²) in [7, 11) is 1.86. The quantitative estimate of drug-likeness (QED) is 0.705. The van der Waals surface area contributed by atoms with Gasteiger partial charge < -0.3 is 9.80 Å². The summed E-state index contributed by atoms with van der Waals surface area (Å²) >= 11 is 0. The molecule has 170 valence electrons. The number of fused-ring (bicyclic) bond motifs is 2. The lowest BCUT2D eigenvalue weighted by atomic mass is 9.91. The van der Waals surface area contributed by atoms with Crippen LogP contribution in [0.5, 0.6) is 0 Å². The zero-order valence-electron chi connectivity index (χ0n) is 19.0. The minimum atomic E-state index is 0. The lowest BCUT2D eigenvalue weighted by molar-refractivity contribution is 0.0716. The van der Waals surface area contributed by atoms with Crippen molar-refractivity contribution in [3.05, 3.63) is 58.7 Å². The monoisotopic (exact) mass is 453 g/mol. The van der Waals surface area contributed by atoms with E-state index in [-0.39, 0.29) is 24.2 Å². The Balaban J connectivity index is 0.00000245. The zero-order chi connectivity index (χ0) is 21.5. The normalized spacial score (nSPS) is 20.8. The second-order valence-corrected chi connectivity index (χ2v) is 9.29. The van der Waals surface area contributed by atoms with Crippen molar-refractivity contribution in [2.45, 2.75) is 38.6 Å². The van der Waals surface area contributed by atoms with Gasteiger partial charge in [-0.05, 0) is 73.5 Å². The molecule has 2 aromatic carbocycles. The summed E-state index contributed by atoms with van der Waals surface area (Å²) in [6.45, 7) is 6.80. The Kier molecular flexibility index (Phi) is 6.59. The molecule has 0 aromatic heterocycles. The van der Waals surface area contributed by atoms with Gasteiger partial charge in [0.25, 0.3) is 11.8 Å². The highest BCUT2D eigenvalue weighted by molar-refractivity contribution is 5.98. The topological polar surface area (TPSA) is 43.9 Å². The number of hydrogen-bond acceptors (Lipinski definition) is 3. The van der Waals surface area contributed by atoms with Gasteiger partial charge in [0.2, 0.25) is 0 Å². The van der Waals surface area contributed by atoms with Crippen molar-refractivity contribution in [1.29, 1.82) is 0 Å². The number of amides is 2. The number of rotatable bonds is 4. The first-order valence-corrected chi connectivity index (χ1v) is 11.6. The van der Waals surface area contributed by atoms with Gasteiger partial charge in [-0.2, -0.15) is 0 Å². The van der Waals surface area contributed by atoms with E-state index in [0.717, 1.165) is 78.9 Å². The second kappa shape index (κ2) is 9.24. The molecule has 5 rings (SSSR count). The molecule has 1 fully saturated rings. The Morgan fingerprint density at radius 3 is 2.09 bits per heavy atom. The Bertz CT molecular complexity index is 1040. The summed E-state index contributed by atoms with van der Waals surface area (Å²) in [6.07, 6.45) is 4.33. The second-order valence-electron chi connectivity index (χ2n) is 9.29. The molecule has 0 bridgehead atoms. The largest absolute Gasteiger partial charge is 0.341 e. The predicted octanol–water partition coefficient (Wildman–Crippen LogP) is 3.89. The first-order chi connectivity index (χ1) is 15.0. The van der Waals surface area contributed by atoms with Crippen LogP contribution in [0.3, 0.4) is 0 Å². The fourth-order valence-electron chi connectivity index (χ4n) is 5.29.